The predicted molar refractivity (Wildman–Crippen MR) is 42.0 cm³/mol. The topological polar surface area (TPSA) is 63.7 Å². The number of carbonyl (C=O) groups is 1. The van der Waals surface area contributed by atoms with Crippen LogP contribution in [0, 0.1) is 0 Å². The lowest BCUT2D eigenvalue weighted by molar-refractivity contribution is -0.160. The minimum Gasteiger partial charge on any atom is -0.272 e. The van der Waals surface area contributed by atoms with E-state index in [1.165, 1.54) is 0 Å². The molecule has 0 aliphatic carbocycles. The molecule has 0 radical (unpaired) electrons. The second-order valence-corrected chi connectivity index (χ2v) is 4.97. The highest BCUT2D eigenvalue weighted by atomic mass is 32.2. The highest BCUT2D eigenvalue weighted by molar-refractivity contribution is 7.90. The molecule has 0 saturated carbocycles. The summed E-state index contributed by atoms with van der Waals surface area (Å²) in [5.41, 5.74) is 0. The molecule has 1 fully saturated rings. The second-order valence-electron chi connectivity index (χ2n) is 2.71. The van der Waals surface area contributed by atoms with E-state index in [9.17, 15) is 13.2 Å². The summed E-state index contributed by atoms with van der Waals surface area (Å²) in [6, 6.07) is 0. The highest BCUT2D eigenvalue weighted by Gasteiger charge is 2.22. The maximum Gasteiger partial charge on any atom is 0.248 e. The zero-order valence-corrected chi connectivity index (χ0v) is 7.63. The Labute approximate surface area is 71.2 Å². The Morgan fingerprint density at radius 2 is 2.25 bits per heavy atom. The third-order valence-electron chi connectivity index (χ3n) is 1.51. The molecule has 1 rings (SSSR count). The largest absolute Gasteiger partial charge is 0.272 e. The zero-order chi connectivity index (χ0) is 9.19. The van der Waals surface area contributed by atoms with E-state index in [1.54, 1.807) is 0 Å². The predicted octanol–water partition coefficient (Wildman–Crippen LogP) is -0.805. The molecule has 0 unspecified atom stereocenters. The van der Waals surface area contributed by atoms with Gasteiger partial charge in [0, 0.05) is 6.26 Å². The third-order valence-corrected chi connectivity index (χ3v) is 2.43. The monoisotopic (exact) mass is 193 g/mol. The van der Waals surface area contributed by atoms with Crippen LogP contribution < -0.4 is 0 Å². The lowest BCUT2D eigenvalue weighted by atomic mass is 10.4. The number of hydrogen-bond donors (Lipinski definition) is 0. The van der Waals surface area contributed by atoms with Gasteiger partial charge in [0.2, 0.25) is 5.91 Å². The molecule has 12 heavy (non-hydrogen) atoms. The number of rotatable bonds is 3. The summed E-state index contributed by atoms with van der Waals surface area (Å²) < 4.78 is 21.4. The highest BCUT2D eigenvalue weighted by Crippen LogP contribution is 2.05. The SMILES string of the molecule is CS(=O)(=O)CCN1OCCC1=O. The van der Waals surface area contributed by atoms with Gasteiger partial charge in [0.05, 0.1) is 25.3 Å². The van der Waals surface area contributed by atoms with Crippen LogP contribution in [0.2, 0.25) is 0 Å². The van der Waals surface area contributed by atoms with Gasteiger partial charge in [0.25, 0.3) is 0 Å². The van der Waals surface area contributed by atoms with Gasteiger partial charge in [-0.2, -0.15) is 0 Å². The molecule has 1 amide bonds. The number of carbonyl (C=O) groups excluding carboxylic acids is 1. The molecule has 0 bridgehead atoms. The maximum absolute atomic E-state index is 10.9. The van der Waals surface area contributed by atoms with E-state index in [2.05, 4.69) is 0 Å². The normalized spacial score (nSPS) is 18.8. The molecule has 1 saturated heterocycles. The van der Waals surface area contributed by atoms with Crippen molar-refractivity contribution in [3.8, 4) is 0 Å². The minimum absolute atomic E-state index is 0.0429. The molecule has 1 aliphatic heterocycles. The third kappa shape index (κ3) is 2.78. The zero-order valence-electron chi connectivity index (χ0n) is 6.82. The van der Waals surface area contributed by atoms with Crippen molar-refractivity contribution in [1.82, 2.24) is 5.06 Å². The van der Waals surface area contributed by atoms with E-state index in [0.717, 1.165) is 11.3 Å². The van der Waals surface area contributed by atoms with Gasteiger partial charge in [-0.3, -0.25) is 9.63 Å². The van der Waals surface area contributed by atoms with Crippen molar-refractivity contribution in [2.75, 3.05) is 25.2 Å². The molecular weight excluding hydrogens is 182 g/mol. The van der Waals surface area contributed by atoms with Crippen molar-refractivity contribution in [2.24, 2.45) is 0 Å². The van der Waals surface area contributed by atoms with Gasteiger partial charge in [0.15, 0.2) is 0 Å². The van der Waals surface area contributed by atoms with Crippen LogP contribution in [0.3, 0.4) is 0 Å². The second kappa shape index (κ2) is 3.40. The van der Waals surface area contributed by atoms with E-state index < -0.39 is 9.84 Å². The number of hydrogen-bond acceptors (Lipinski definition) is 4. The van der Waals surface area contributed by atoms with Crippen LogP contribution in [0.5, 0.6) is 0 Å². The summed E-state index contributed by atoms with van der Waals surface area (Å²) in [5.74, 6) is -0.183. The van der Waals surface area contributed by atoms with Gasteiger partial charge in [-0.05, 0) is 0 Å². The smallest absolute Gasteiger partial charge is 0.248 e. The quantitative estimate of drug-likeness (QED) is 0.588. The lowest BCUT2D eigenvalue weighted by Gasteiger charge is -2.12. The molecule has 0 aromatic heterocycles. The lowest BCUT2D eigenvalue weighted by Crippen LogP contribution is -2.28. The van der Waals surface area contributed by atoms with Crippen LogP contribution in [-0.4, -0.2) is 44.5 Å². The summed E-state index contributed by atoms with van der Waals surface area (Å²) in [5, 5.41) is 1.11. The first-order valence-corrected chi connectivity index (χ1v) is 5.66. The van der Waals surface area contributed by atoms with Crippen molar-refractivity contribution in [3.05, 3.63) is 0 Å². The van der Waals surface area contributed by atoms with Crippen molar-refractivity contribution in [1.29, 1.82) is 0 Å². The van der Waals surface area contributed by atoms with Gasteiger partial charge in [0.1, 0.15) is 9.84 Å². The average Bonchev–Trinajstić information content (AvgIpc) is 2.29. The molecular formula is C6H11NO4S. The van der Waals surface area contributed by atoms with Crippen LogP contribution in [0.1, 0.15) is 6.42 Å². The van der Waals surface area contributed by atoms with Crippen LogP contribution in [0.4, 0.5) is 0 Å². The van der Waals surface area contributed by atoms with Crippen LogP contribution in [0.25, 0.3) is 0 Å². The van der Waals surface area contributed by atoms with Crippen molar-refractivity contribution in [2.45, 2.75) is 6.42 Å². The van der Waals surface area contributed by atoms with Gasteiger partial charge >= 0.3 is 0 Å². The van der Waals surface area contributed by atoms with Gasteiger partial charge in [-0.25, -0.2) is 13.5 Å². The molecule has 0 N–H and O–H groups in total. The minimum atomic E-state index is -3.01. The summed E-state index contributed by atoms with van der Waals surface area (Å²) in [7, 11) is -3.01. The molecule has 0 spiro atoms. The molecule has 0 aromatic carbocycles. The van der Waals surface area contributed by atoms with Crippen molar-refractivity contribution >= 4 is 15.7 Å². The fraction of sp³-hybridized carbons (Fsp3) is 0.833. The maximum atomic E-state index is 10.9. The molecule has 1 aliphatic rings. The van der Waals surface area contributed by atoms with Crippen LogP contribution >= 0.6 is 0 Å². The number of sulfone groups is 1. The Morgan fingerprint density at radius 3 is 2.67 bits per heavy atom. The Balaban J connectivity index is 2.37. The van der Waals surface area contributed by atoms with E-state index in [-0.39, 0.29) is 18.2 Å². The molecule has 6 heteroatoms. The van der Waals surface area contributed by atoms with E-state index in [4.69, 9.17) is 4.84 Å². The van der Waals surface area contributed by atoms with Crippen LogP contribution in [-0.2, 0) is 19.5 Å². The van der Waals surface area contributed by atoms with E-state index in [1.807, 2.05) is 0 Å². The van der Waals surface area contributed by atoms with Gasteiger partial charge in [-0.1, -0.05) is 0 Å². The van der Waals surface area contributed by atoms with Gasteiger partial charge in [-0.15, -0.1) is 0 Å². The molecule has 5 nitrogen and oxygen atoms in total. The summed E-state index contributed by atoms with van der Waals surface area (Å²) in [6.45, 7) is 0.500. The molecule has 0 aromatic rings. The first-order chi connectivity index (χ1) is 5.49. The van der Waals surface area contributed by atoms with E-state index in [0.29, 0.717) is 13.0 Å². The molecule has 0 atom stereocenters. The fourth-order valence-electron chi connectivity index (χ4n) is 0.878. The first-order valence-electron chi connectivity index (χ1n) is 3.60. The standard InChI is InChI=1S/C6H11NO4S/c1-12(9,10)5-3-7-6(8)2-4-11-7/h2-5H2,1H3. The number of hydroxylamine groups is 2. The van der Waals surface area contributed by atoms with Crippen LogP contribution in [0.15, 0.2) is 0 Å². The van der Waals surface area contributed by atoms with Crippen molar-refractivity contribution < 1.29 is 18.0 Å². The summed E-state index contributed by atoms with van der Waals surface area (Å²) in [4.78, 5) is 15.8. The number of amides is 1. The average molecular weight is 193 g/mol. The van der Waals surface area contributed by atoms with Crippen molar-refractivity contribution in [3.63, 3.8) is 0 Å². The van der Waals surface area contributed by atoms with E-state index >= 15 is 0 Å². The Kier molecular flexibility index (Phi) is 2.69. The Morgan fingerprint density at radius 1 is 1.58 bits per heavy atom. The summed E-state index contributed by atoms with van der Waals surface area (Å²) in [6.07, 6.45) is 1.48. The molecule has 1 heterocycles. The number of nitrogens with zero attached hydrogens (tertiary/aromatic N) is 1. The Hall–Kier alpha value is -0.620. The Bertz CT molecular complexity index is 271. The molecule has 70 valence electrons. The fourth-order valence-corrected chi connectivity index (χ4v) is 1.38. The first kappa shape index (κ1) is 9.47. The van der Waals surface area contributed by atoms with Gasteiger partial charge < -0.3 is 0 Å². The summed E-state index contributed by atoms with van der Waals surface area (Å²) >= 11 is 0.